The van der Waals surface area contributed by atoms with Gasteiger partial charge in [-0.15, -0.1) is 0 Å². The topological polar surface area (TPSA) is 69.4 Å². The van der Waals surface area contributed by atoms with Crippen LogP contribution in [0.3, 0.4) is 0 Å². The molecule has 0 saturated heterocycles. The fourth-order valence-electron chi connectivity index (χ4n) is 0.337. The molecular weight excluding hydrogens is 122 g/mol. The third-order valence-electron chi connectivity index (χ3n) is 0.813. The number of carbonyl (C=O) groups is 2. The van der Waals surface area contributed by atoms with E-state index in [-0.39, 0.29) is 18.6 Å². The molecule has 0 aromatic carbocycles. The molecule has 0 radical (unpaired) electrons. The first-order valence-electron chi connectivity index (χ1n) is 2.56. The predicted molar refractivity (Wildman–Crippen MR) is 30.2 cm³/mol. The van der Waals surface area contributed by atoms with E-state index in [4.69, 9.17) is 0 Å². The molecule has 4 nitrogen and oxygen atoms in total. The summed E-state index contributed by atoms with van der Waals surface area (Å²) in [7, 11) is 0. The minimum absolute atomic E-state index is 0.0413. The largest absolute Gasteiger partial charge is 0.373 e. The van der Waals surface area contributed by atoms with E-state index < -0.39 is 5.97 Å². The molecule has 52 valence electrons. The third kappa shape index (κ3) is 4.96. The quantitative estimate of drug-likeness (QED) is 0.537. The van der Waals surface area contributed by atoms with E-state index in [1.165, 1.54) is 6.92 Å². The molecule has 9 heavy (non-hydrogen) atoms. The second kappa shape index (κ2) is 4.03. The highest BCUT2D eigenvalue weighted by Crippen LogP contribution is 1.90. The summed E-state index contributed by atoms with van der Waals surface area (Å²) in [5.74, 6) is 3.91. The van der Waals surface area contributed by atoms with Gasteiger partial charge in [-0.3, -0.25) is 4.79 Å². The van der Waals surface area contributed by atoms with Gasteiger partial charge >= 0.3 is 5.97 Å². The van der Waals surface area contributed by atoms with E-state index in [1.807, 2.05) is 0 Å². The fourth-order valence-corrected chi connectivity index (χ4v) is 0.337. The van der Waals surface area contributed by atoms with Crippen molar-refractivity contribution in [1.29, 1.82) is 0 Å². The Morgan fingerprint density at radius 3 is 2.33 bits per heavy atom. The molecule has 0 aromatic heterocycles. The summed E-state index contributed by atoms with van der Waals surface area (Å²) in [5, 5.41) is 0. The van der Waals surface area contributed by atoms with Gasteiger partial charge in [0, 0.05) is 6.42 Å². The lowest BCUT2D eigenvalue weighted by molar-refractivity contribution is -0.145. The SMILES string of the molecule is CC(=O)CCC(=O)ON. The highest BCUT2D eigenvalue weighted by molar-refractivity contribution is 5.80. The lowest BCUT2D eigenvalue weighted by Crippen LogP contribution is -2.10. The number of nitrogens with two attached hydrogens (primary N) is 1. The standard InChI is InChI=1S/C5H9NO3/c1-4(7)2-3-5(8)9-6/h2-3,6H2,1H3. The molecule has 0 rings (SSSR count). The number of hydrogen-bond acceptors (Lipinski definition) is 4. The van der Waals surface area contributed by atoms with Crippen molar-refractivity contribution in [2.75, 3.05) is 0 Å². The molecule has 0 amide bonds. The lowest BCUT2D eigenvalue weighted by Gasteiger charge is -1.92. The van der Waals surface area contributed by atoms with Crippen molar-refractivity contribution in [3.63, 3.8) is 0 Å². The third-order valence-corrected chi connectivity index (χ3v) is 0.813. The van der Waals surface area contributed by atoms with Crippen LogP contribution in [-0.2, 0) is 14.4 Å². The summed E-state index contributed by atoms with van der Waals surface area (Å²) in [5.41, 5.74) is 0. The van der Waals surface area contributed by atoms with E-state index in [0.29, 0.717) is 0 Å². The molecule has 0 aromatic rings. The fraction of sp³-hybridized carbons (Fsp3) is 0.600. The first kappa shape index (κ1) is 8.10. The van der Waals surface area contributed by atoms with Crippen LogP contribution < -0.4 is 5.90 Å². The normalized spacial score (nSPS) is 8.67. The Bertz CT molecular complexity index is 121. The molecule has 0 aliphatic rings. The Morgan fingerprint density at radius 2 is 2.00 bits per heavy atom. The summed E-state index contributed by atoms with van der Waals surface area (Å²) in [4.78, 5) is 24.2. The van der Waals surface area contributed by atoms with Crippen LogP contribution in [0.4, 0.5) is 0 Å². The van der Waals surface area contributed by atoms with Crippen LogP contribution >= 0.6 is 0 Å². The number of ketones is 1. The number of Topliss-reactive ketones (excluding diaryl/α,β-unsaturated/α-hetero) is 1. The van der Waals surface area contributed by atoms with Gasteiger partial charge in [-0.25, -0.2) is 0 Å². The van der Waals surface area contributed by atoms with E-state index in [1.54, 1.807) is 0 Å². The first-order valence-corrected chi connectivity index (χ1v) is 2.56. The highest BCUT2D eigenvalue weighted by atomic mass is 16.7. The molecule has 0 aliphatic carbocycles. The van der Waals surface area contributed by atoms with E-state index in [0.717, 1.165) is 0 Å². The summed E-state index contributed by atoms with van der Waals surface area (Å²) >= 11 is 0. The van der Waals surface area contributed by atoms with Gasteiger partial charge in [0.1, 0.15) is 5.78 Å². The van der Waals surface area contributed by atoms with Gasteiger partial charge in [0.15, 0.2) is 0 Å². The van der Waals surface area contributed by atoms with Crippen LogP contribution in [0.15, 0.2) is 0 Å². The number of rotatable bonds is 3. The summed E-state index contributed by atoms with van der Waals surface area (Å²) in [6, 6.07) is 0. The molecule has 0 atom stereocenters. The molecule has 0 unspecified atom stereocenters. The smallest absolute Gasteiger partial charge is 0.324 e. The van der Waals surface area contributed by atoms with Gasteiger partial charge in [-0.2, -0.15) is 5.90 Å². The monoisotopic (exact) mass is 131 g/mol. The second-order valence-electron chi connectivity index (χ2n) is 1.69. The first-order chi connectivity index (χ1) is 4.16. The maximum Gasteiger partial charge on any atom is 0.324 e. The summed E-state index contributed by atoms with van der Waals surface area (Å²) < 4.78 is 0. The van der Waals surface area contributed by atoms with Crippen LogP contribution in [0, 0.1) is 0 Å². The van der Waals surface area contributed by atoms with Crippen LogP contribution in [0.5, 0.6) is 0 Å². The van der Waals surface area contributed by atoms with E-state index in [9.17, 15) is 9.59 Å². The van der Waals surface area contributed by atoms with Crippen molar-refractivity contribution in [2.45, 2.75) is 19.8 Å². The van der Waals surface area contributed by atoms with Gasteiger partial charge < -0.3 is 9.63 Å². The van der Waals surface area contributed by atoms with Crippen molar-refractivity contribution in [2.24, 2.45) is 5.90 Å². The van der Waals surface area contributed by atoms with Crippen molar-refractivity contribution in [1.82, 2.24) is 0 Å². The van der Waals surface area contributed by atoms with Crippen LogP contribution in [0.25, 0.3) is 0 Å². The highest BCUT2D eigenvalue weighted by Gasteiger charge is 2.01. The summed E-state index contributed by atoms with van der Waals surface area (Å²) in [6.45, 7) is 1.41. The molecule has 0 fully saturated rings. The molecule has 4 heteroatoms. The Labute approximate surface area is 52.9 Å². The van der Waals surface area contributed by atoms with Gasteiger partial charge in [0.2, 0.25) is 0 Å². The minimum Gasteiger partial charge on any atom is -0.373 e. The van der Waals surface area contributed by atoms with Crippen molar-refractivity contribution >= 4 is 11.8 Å². The number of hydrogen-bond donors (Lipinski definition) is 1. The molecule has 0 spiro atoms. The van der Waals surface area contributed by atoms with Gasteiger partial charge in [-0.05, 0) is 6.92 Å². The molecular formula is C5H9NO3. The van der Waals surface area contributed by atoms with E-state index in [2.05, 4.69) is 10.7 Å². The van der Waals surface area contributed by atoms with Gasteiger partial charge in [-0.1, -0.05) is 0 Å². The average molecular weight is 131 g/mol. The zero-order chi connectivity index (χ0) is 7.28. The minimum atomic E-state index is -0.551. The Morgan fingerprint density at radius 1 is 1.44 bits per heavy atom. The zero-order valence-electron chi connectivity index (χ0n) is 5.22. The van der Waals surface area contributed by atoms with Gasteiger partial charge in [0.05, 0.1) is 6.42 Å². The maximum atomic E-state index is 10.2. The van der Waals surface area contributed by atoms with Crippen LogP contribution in [0.2, 0.25) is 0 Å². The Hall–Kier alpha value is -0.900. The van der Waals surface area contributed by atoms with Crippen LogP contribution in [-0.4, -0.2) is 11.8 Å². The van der Waals surface area contributed by atoms with Crippen molar-refractivity contribution in [3.8, 4) is 0 Å². The van der Waals surface area contributed by atoms with Gasteiger partial charge in [0.25, 0.3) is 0 Å². The Kier molecular flexibility index (Phi) is 3.62. The van der Waals surface area contributed by atoms with Crippen molar-refractivity contribution in [3.05, 3.63) is 0 Å². The molecule has 0 saturated carbocycles. The van der Waals surface area contributed by atoms with Crippen LogP contribution in [0.1, 0.15) is 19.8 Å². The maximum absolute atomic E-state index is 10.2. The van der Waals surface area contributed by atoms with Crippen molar-refractivity contribution < 1.29 is 14.4 Å². The molecule has 0 bridgehead atoms. The Balaban J connectivity index is 3.28. The molecule has 0 aliphatic heterocycles. The zero-order valence-corrected chi connectivity index (χ0v) is 5.22. The summed E-state index contributed by atoms with van der Waals surface area (Å²) in [6.07, 6.45) is 0.280. The predicted octanol–water partition coefficient (Wildman–Crippen LogP) is -0.227. The molecule has 2 N–H and O–H groups in total. The average Bonchev–Trinajstić information content (AvgIpc) is 1.83. The lowest BCUT2D eigenvalue weighted by atomic mass is 10.2. The number of carbonyl (C=O) groups excluding carboxylic acids is 2. The second-order valence-corrected chi connectivity index (χ2v) is 1.69. The molecule has 0 heterocycles. The van der Waals surface area contributed by atoms with E-state index >= 15 is 0 Å².